The lowest BCUT2D eigenvalue weighted by Gasteiger charge is -2.12. The van der Waals surface area contributed by atoms with E-state index < -0.39 is 0 Å². The van der Waals surface area contributed by atoms with Crippen molar-refractivity contribution in [3.8, 4) is 0 Å². The molecule has 0 radical (unpaired) electrons. The summed E-state index contributed by atoms with van der Waals surface area (Å²) in [6, 6.07) is 0. The van der Waals surface area contributed by atoms with E-state index in [9.17, 15) is 0 Å². The summed E-state index contributed by atoms with van der Waals surface area (Å²) in [4.78, 5) is 0. The number of hydrogen-bond donors (Lipinski definition) is 1. The number of rotatable bonds is 6. The van der Waals surface area contributed by atoms with Gasteiger partial charge in [-0.05, 0) is 6.42 Å². The van der Waals surface area contributed by atoms with Gasteiger partial charge < -0.3 is 10.5 Å². The highest BCUT2D eigenvalue weighted by molar-refractivity contribution is 5.06. The van der Waals surface area contributed by atoms with E-state index in [1.165, 1.54) is 0 Å². The second kappa shape index (κ2) is 5.96. The van der Waals surface area contributed by atoms with Crippen LogP contribution < -0.4 is 5.73 Å². The van der Waals surface area contributed by atoms with Gasteiger partial charge in [0.25, 0.3) is 0 Å². The van der Waals surface area contributed by atoms with Crippen molar-refractivity contribution in [2.75, 3.05) is 19.8 Å². The topological polar surface area (TPSA) is 66.0 Å². The van der Waals surface area contributed by atoms with Crippen LogP contribution in [0.5, 0.6) is 0 Å². The van der Waals surface area contributed by atoms with Crippen LogP contribution in [0.25, 0.3) is 0 Å². The predicted molar refractivity (Wildman–Crippen MR) is 63.2 cm³/mol. The molecule has 0 spiro atoms. The van der Waals surface area contributed by atoms with Gasteiger partial charge in [0.15, 0.2) is 0 Å². The minimum Gasteiger partial charge on any atom is -0.380 e. The van der Waals surface area contributed by atoms with Crippen molar-refractivity contribution in [1.82, 2.24) is 15.0 Å². The lowest BCUT2D eigenvalue weighted by Crippen LogP contribution is -2.11. The van der Waals surface area contributed by atoms with Crippen molar-refractivity contribution in [2.45, 2.75) is 39.2 Å². The van der Waals surface area contributed by atoms with Gasteiger partial charge in [0, 0.05) is 31.3 Å². The van der Waals surface area contributed by atoms with E-state index in [0.29, 0.717) is 13.2 Å². The van der Waals surface area contributed by atoms with E-state index in [1.54, 1.807) is 0 Å². The van der Waals surface area contributed by atoms with Gasteiger partial charge >= 0.3 is 0 Å². The SMILES string of the molecule is CC(C)(C)c1cn(CCCOCCN)nn1. The lowest BCUT2D eigenvalue weighted by molar-refractivity contribution is 0.135. The second-order valence-electron chi connectivity index (χ2n) is 4.87. The predicted octanol–water partition coefficient (Wildman–Crippen LogP) is 0.941. The number of hydrogen-bond acceptors (Lipinski definition) is 4. The molecule has 16 heavy (non-hydrogen) atoms. The minimum atomic E-state index is 0.0638. The highest BCUT2D eigenvalue weighted by atomic mass is 16.5. The van der Waals surface area contributed by atoms with Crippen LogP contribution >= 0.6 is 0 Å². The van der Waals surface area contributed by atoms with Gasteiger partial charge in [-0.1, -0.05) is 26.0 Å². The third-order valence-corrected chi connectivity index (χ3v) is 2.25. The van der Waals surface area contributed by atoms with Gasteiger partial charge in [-0.25, -0.2) is 0 Å². The zero-order valence-electron chi connectivity index (χ0n) is 10.4. The summed E-state index contributed by atoms with van der Waals surface area (Å²) < 4.78 is 7.16. The van der Waals surface area contributed by atoms with Crippen LogP contribution in [0.3, 0.4) is 0 Å². The molecule has 0 aliphatic heterocycles. The summed E-state index contributed by atoms with van der Waals surface area (Å²) in [7, 11) is 0. The smallest absolute Gasteiger partial charge is 0.0880 e. The molecule has 92 valence electrons. The first-order valence-corrected chi connectivity index (χ1v) is 5.72. The summed E-state index contributed by atoms with van der Waals surface area (Å²) in [6.45, 7) is 9.17. The Bertz CT molecular complexity index is 303. The molecule has 0 aromatic carbocycles. The molecule has 5 heteroatoms. The van der Waals surface area contributed by atoms with Crippen molar-refractivity contribution in [2.24, 2.45) is 5.73 Å². The Kier molecular flexibility index (Phi) is 4.89. The molecule has 0 unspecified atom stereocenters. The highest BCUT2D eigenvalue weighted by Crippen LogP contribution is 2.18. The third-order valence-electron chi connectivity index (χ3n) is 2.25. The first-order chi connectivity index (χ1) is 7.54. The zero-order chi connectivity index (χ0) is 12.0. The summed E-state index contributed by atoms with van der Waals surface area (Å²) in [5.41, 5.74) is 6.41. The molecule has 1 rings (SSSR count). The Balaban J connectivity index is 2.30. The highest BCUT2D eigenvalue weighted by Gasteiger charge is 2.17. The van der Waals surface area contributed by atoms with E-state index in [0.717, 1.165) is 25.3 Å². The average Bonchev–Trinajstić information content (AvgIpc) is 2.65. The second-order valence-corrected chi connectivity index (χ2v) is 4.87. The van der Waals surface area contributed by atoms with Crippen LogP contribution in [0.1, 0.15) is 32.9 Å². The van der Waals surface area contributed by atoms with E-state index >= 15 is 0 Å². The van der Waals surface area contributed by atoms with Gasteiger partial charge in [-0.3, -0.25) is 4.68 Å². The Morgan fingerprint density at radius 2 is 2.12 bits per heavy atom. The average molecular weight is 226 g/mol. The molecule has 0 saturated heterocycles. The quantitative estimate of drug-likeness (QED) is 0.733. The van der Waals surface area contributed by atoms with Crippen molar-refractivity contribution in [1.29, 1.82) is 0 Å². The number of nitrogens with two attached hydrogens (primary N) is 1. The van der Waals surface area contributed by atoms with E-state index in [1.807, 2.05) is 10.9 Å². The normalized spacial score (nSPS) is 12.0. The van der Waals surface area contributed by atoms with Gasteiger partial charge in [0.2, 0.25) is 0 Å². The van der Waals surface area contributed by atoms with Gasteiger partial charge in [-0.2, -0.15) is 0 Å². The van der Waals surface area contributed by atoms with E-state index in [-0.39, 0.29) is 5.41 Å². The van der Waals surface area contributed by atoms with Crippen LogP contribution in [0, 0.1) is 0 Å². The Labute approximate surface area is 97.0 Å². The number of aryl methyl sites for hydroxylation is 1. The summed E-state index contributed by atoms with van der Waals surface area (Å²) >= 11 is 0. The Morgan fingerprint density at radius 3 is 2.69 bits per heavy atom. The van der Waals surface area contributed by atoms with Crippen molar-refractivity contribution in [3.05, 3.63) is 11.9 Å². The molecule has 0 amide bonds. The van der Waals surface area contributed by atoms with Crippen LogP contribution in [-0.4, -0.2) is 34.8 Å². The Hall–Kier alpha value is -0.940. The van der Waals surface area contributed by atoms with Crippen molar-refractivity contribution < 1.29 is 4.74 Å². The fourth-order valence-electron chi connectivity index (χ4n) is 1.27. The van der Waals surface area contributed by atoms with Gasteiger partial charge in [-0.15, -0.1) is 5.10 Å². The minimum absolute atomic E-state index is 0.0638. The Morgan fingerprint density at radius 1 is 1.38 bits per heavy atom. The van der Waals surface area contributed by atoms with Crippen LogP contribution in [0.2, 0.25) is 0 Å². The maximum Gasteiger partial charge on any atom is 0.0880 e. The molecule has 1 aromatic heterocycles. The molecular formula is C11H22N4O. The summed E-state index contributed by atoms with van der Waals surface area (Å²) in [5.74, 6) is 0. The molecule has 0 aliphatic carbocycles. The molecule has 0 fully saturated rings. The number of ether oxygens (including phenoxy) is 1. The maximum absolute atomic E-state index is 5.32. The lowest BCUT2D eigenvalue weighted by atomic mass is 9.93. The molecule has 1 aromatic rings. The summed E-state index contributed by atoms with van der Waals surface area (Å²) in [5, 5.41) is 8.24. The number of aromatic nitrogens is 3. The first kappa shape index (κ1) is 13.1. The molecule has 0 atom stereocenters. The molecule has 0 saturated carbocycles. The zero-order valence-corrected chi connectivity index (χ0v) is 10.4. The van der Waals surface area contributed by atoms with E-state index in [2.05, 4.69) is 31.1 Å². The fraction of sp³-hybridized carbons (Fsp3) is 0.818. The summed E-state index contributed by atoms with van der Waals surface area (Å²) in [6.07, 6.45) is 2.94. The largest absolute Gasteiger partial charge is 0.380 e. The van der Waals surface area contributed by atoms with Crippen molar-refractivity contribution >= 4 is 0 Å². The van der Waals surface area contributed by atoms with Gasteiger partial charge in [0.05, 0.1) is 12.3 Å². The van der Waals surface area contributed by atoms with E-state index in [4.69, 9.17) is 10.5 Å². The molecular weight excluding hydrogens is 204 g/mol. The maximum atomic E-state index is 5.32. The molecule has 2 N–H and O–H groups in total. The molecule has 0 aliphatic rings. The first-order valence-electron chi connectivity index (χ1n) is 5.72. The van der Waals surface area contributed by atoms with Crippen molar-refractivity contribution in [3.63, 3.8) is 0 Å². The molecule has 1 heterocycles. The van der Waals surface area contributed by atoms with Crippen LogP contribution in [-0.2, 0) is 16.7 Å². The number of nitrogens with zero attached hydrogens (tertiary/aromatic N) is 3. The van der Waals surface area contributed by atoms with Crippen LogP contribution in [0.4, 0.5) is 0 Å². The monoisotopic (exact) mass is 226 g/mol. The standard InChI is InChI=1S/C11H22N4O/c1-11(2,3)10-9-15(14-13-10)6-4-7-16-8-5-12/h9H,4-8,12H2,1-3H3. The van der Waals surface area contributed by atoms with Gasteiger partial charge in [0.1, 0.15) is 0 Å². The van der Waals surface area contributed by atoms with Crippen LogP contribution in [0.15, 0.2) is 6.20 Å². The fourth-order valence-corrected chi connectivity index (χ4v) is 1.27. The molecule has 0 bridgehead atoms. The third kappa shape index (κ3) is 4.28. The molecule has 5 nitrogen and oxygen atoms in total.